The van der Waals surface area contributed by atoms with E-state index in [2.05, 4.69) is 25.3 Å². The maximum absolute atomic E-state index is 8.91. The van der Waals surface area contributed by atoms with Gasteiger partial charge in [-0.3, -0.25) is 4.68 Å². The van der Waals surface area contributed by atoms with Gasteiger partial charge < -0.3 is 16.2 Å². The molecule has 0 fully saturated rings. The summed E-state index contributed by atoms with van der Waals surface area (Å²) in [6, 6.07) is 1.88. The zero-order valence-electron chi connectivity index (χ0n) is 13.6. The summed E-state index contributed by atoms with van der Waals surface area (Å²) >= 11 is 6.20. The predicted molar refractivity (Wildman–Crippen MR) is 94.9 cm³/mol. The lowest BCUT2D eigenvalue weighted by Crippen LogP contribution is -2.10. The number of fused-ring (bicyclic) bond motifs is 1. The summed E-state index contributed by atoms with van der Waals surface area (Å²) < 4.78 is 3.06. The zero-order chi connectivity index (χ0) is 18.0. The summed E-state index contributed by atoms with van der Waals surface area (Å²) in [6.07, 6.45) is 2.45. The van der Waals surface area contributed by atoms with E-state index in [0.717, 1.165) is 5.69 Å². The molecule has 0 aliphatic carbocycles. The highest BCUT2D eigenvalue weighted by atomic mass is 35.5. The van der Waals surface area contributed by atoms with Crippen LogP contribution in [0, 0.1) is 13.5 Å². The summed E-state index contributed by atoms with van der Waals surface area (Å²) in [5.74, 6) is 0.571. The summed E-state index contributed by atoms with van der Waals surface area (Å²) in [6.45, 7) is 10.1. The Balaban J connectivity index is 1.80. The summed E-state index contributed by atoms with van der Waals surface area (Å²) in [4.78, 5) is 7.86. The first-order valence-electron chi connectivity index (χ1n) is 7.64. The van der Waals surface area contributed by atoms with Gasteiger partial charge in [-0.1, -0.05) is 11.6 Å². The van der Waals surface area contributed by atoms with Crippen molar-refractivity contribution < 1.29 is 5.11 Å². The number of nitrogens with zero attached hydrogens (tertiary/aromatic N) is 6. The van der Waals surface area contributed by atoms with Gasteiger partial charge >= 0.3 is 0 Å². The number of anilines is 2. The van der Waals surface area contributed by atoms with Crippen molar-refractivity contribution in [2.24, 2.45) is 0 Å². The van der Waals surface area contributed by atoms with E-state index in [1.54, 1.807) is 11.6 Å². The lowest BCUT2D eigenvalue weighted by atomic mass is 10.3. The van der Waals surface area contributed by atoms with Crippen LogP contribution in [0.2, 0.25) is 5.02 Å². The molecule has 0 radical (unpaired) electrons. The Hall–Kier alpha value is -2.83. The van der Waals surface area contributed by atoms with Crippen LogP contribution < -0.4 is 11.1 Å². The van der Waals surface area contributed by atoms with Crippen molar-refractivity contribution >= 4 is 34.6 Å². The van der Waals surface area contributed by atoms with Crippen LogP contribution in [0.4, 0.5) is 17.3 Å². The van der Waals surface area contributed by atoms with Gasteiger partial charge in [-0.2, -0.15) is 10.2 Å². The molecule has 0 spiro atoms. The number of nitrogens with one attached hydrogen (secondary N) is 1. The second-order valence-electron chi connectivity index (χ2n) is 5.41. The third kappa shape index (κ3) is 3.22. The summed E-state index contributed by atoms with van der Waals surface area (Å²) in [5, 5.41) is 21.0. The minimum atomic E-state index is 0.0441. The molecule has 4 N–H and O–H groups in total. The van der Waals surface area contributed by atoms with E-state index < -0.39 is 0 Å². The molecule has 0 unspecified atom stereocenters. The van der Waals surface area contributed by atoms with Crippen molar-refractivity contribution in [3.05, 3.63) is 40.1 Å². The van der Waals surface area contributed by atoms with E-state index in [1.807, 2.05) is 12.3 Å². The van der Waals surface area contributed by atoms with E-state index in [0.29, 0.717) is 41.7 Å². The van der Waals surface area contributed by atoms with Gasteiger partial charge in [0.15, 0.2) is 5.65 Å². The van der Waals surface area contributed by atoms with Crippen molar-refractivity contribution in [3.63, 3.8) is 0 Å². The Kier molecular flexibility index (Phi) is 4.74. The molecule has 0 saturated heterocycles. The highest BCUT2D eigenvalue weighted by Gasteiger charge is 2.18. The van der Waals surface area contributed by atoms with Crippen molar-refractivity contribution in [3.8, 4) is 0 Å². The molecule has 3 rings (SSSR count). The fraction of sp³-hybridized carbons (Fsp3) is 0.333. The molecule has 0 amide bonds. The van der Waals surface area contributed by atoms with Crippen LogP contribution in [-0.4, -0.2) is 42.6 Å². The Morgan fingerprint density at radius 2 is 2.24 bits per heavy atom. The number of aryl methyl sites for hydroxylation is 1. The Labute approximate surface area is 148 Å². The molecule has 0 aliphatic rings. The number of aliphatic hydroxyl groups is 1. The average molecular weight is 361 g/mol. The minimum absolute atomic E-state index is 0.0441. The van der Waals surface area contributed by atoms with Crippen LogP contribution in [0.3, 0.4) is 0 Å². The number of aromatic nitrogens is 5. The molecule has 3 aromatic rings. The number of aliphatic hydroxyl groups excluding tert-OH is 1. The lowest BCUT2D eigenvalue weighted by molar-refractivity contribution is 0.269. The van der Waals surface area contributed by atoms with Crippen molar-refractivity contribution in [2.45, 2.75) is 19.9 Å². The Morgan fingerprint density at radius 1 is 1.44 bits per heavy atom. The van der Waals surface area contributed by atoms with E-state index in [4.69, 9.17) is 29.0 Å². The molecular weight excluding hydrogens is 344 g/mol. The molecular formula is C15H17ClN8O. The maximum Gasteiger partial charge on any atom is 0.268 e. The largest absolute Gasteiger partial charge is 0.394 e. The van der Waals surface area contributed by atoms with Gasteiger partial charge in [0.25, 0.3) is 5.69 Å². The number of hydrogen-bond donors (Lipinski definition) is 3. The van der Waals surface area contributed by atoms with Gasteiger partial charge in [-0.05, 0) is 13.0 Å². The normalized spacial score (nSPS) is 11.0. The van der Waals surface area contributed by atoms with Gasteiger partial charge in [0, 0.05) is 19.2 Å². The first kappa shape index (κ1) is 17.0. The molecule has 0 saturated carbocycles. The third-order valence-electron chi connectivity index (χ3n) is 3.69. The number of rotatable bonds is 6. The van der Waals surface area contributed by atoms with Crippen LogP contribution in [0.5, 0.6) is 0 Å². The average Bonchev–Trinajstić information content (AvgIpc) is 3.15. The molecule has 3 aromatic heterocycles. The molecule has 3 heterocycles. The number of nitrogens with two attached hydrogens (primary N) is 1. The fourth-order valence-electron chi connectivity index (χ4n) is 2.45. The molecule has 9 nitrogen and oxygen atoms in total. The van der Waals surface area contributed by atoms with Gasteiger partial charge in [-0.25, -0.2) is 14.3 Å². The van der Waals surface area contributed by atoms with Gasteiger partial charge in [0.05, 0.1) is 31.1 Å². The van der Waals surface area contributed by atoms with Crippen molar-refractivity contribution in [1.82, 2.24) is 24.4 Å². The summed E-state index contributed by atoms with van der Waals surface area (Å²) in [5.41, 5.74) is 8.14. The number of nitrogen functional groups attached to an aromatic ring is 1. The van der Waals surface area contributed by atoms with E-state index >= 15 is 0 Å². The standard InChI is InChI=1S/C15H17ClN8O/c1-9-11(16)15-20-14(12(18-2)13(17)24(15)21-9)19-5-3-10-4-6-23(22-10)7-8-25/h4,6,25H,3,5,7-8,17H2,1H3,(H,19,20). The first-order valence-corrected chi connectivity index (χ1v) is 8.01. The van der Waals surface area contributed by atoms with Crippen molar-refractivity contribution in [2.75, 3.05) is 24.2 Å². The van der Waals surface area contributed by atoms with Crippen LogP contribution in [-0.2, 0) is 13.0 Å². The lowest BCUT2D eigenvalue weighted by Gasteiger charge is -2.10. The fourth-order valence-corrected chi connectivity index (χ4v) is 2.61. The van der Waals surface area contributed by atoms with Crippen LogP contribution in [0.1, 0.15) is 11.4 Å². The van der Waals surface area contributed by atoms with Crippen LogP contribution >= 0.6 is 11.6 Å². The van der Waals surface area contributed by atoms with Gasteiger partial charge in [0.1, 0.15) is 16.7 Å². The monoisotopic (exact) mass is 360 g/mol. The molecule has 130 valence electrons. The van der Waals surface area contributed by atoms with E-state index in [9.17, 15) is 0 Å². The highest BCUT2D eigenvalue weighted by Crippen LogP contribution is 2.33. The minimum Gasteiger partial charge on any atom is -0.394 e. The third-order valence-corrected chi connectivity index (χ3v) is 4.13. The second kappa shape index (κ2) is 6.96. The SMILES string of the molecule is [C-]#[N+]c1c(NCCc2ccn(CCO)n2)nc2c(Cl)c(C)nn2c1N. The van der Waals surface area contributed by atoms with Gasteiger partial charge in [0.2, 0.25) is 0 Å². The molecule has 25 heavy (non-hydrogen) atoms. The van der Waals surface area contributed by atoms with E-state index in [1.165, 1.54) is 4.52 Å². The molecule has 0 aromatic carbocycles. The molecule has 0 aliphatic heterocycles. The quantitative estimate of drug-likeness (QED) is 0.577. The van der Waals surface area contributed by atoms with Gasteiger partial charge in [-0.15, -0.1) is 0 Å². The van der Waals surface area contributed by atoms with Crippen LogP contribution in [0.15, 0.2) is 12.3 Å². The van der Waals surface area contributed by atoms with Crippen molar-refractivity contribution in [1.29, 1.82) is 0 Å². The molecule has 0 bridgehead atoms. The maximum atomic E-state index is 8.91. The zero-order valence-corrected chi connectivity index (χ0v) is 14.3. The second-order valence-corrected chi connectivity index (χ2v) is 5.79. The Morgan fingerprint density at radius 3 is 2.96 bits per heavy atom. The Bertz CT molecular complexity index is 955. The van der Waals surface area contributed by atoms with Crippen LogP contribution in [0.25, 0.3) is 10.5 Å². The summed E-state index contributed by atoms with van der Waals surface area (Å²) in [7, 11) is 0. The van der Waals surface area contributed by atoms with E-state index in [-0.39, 0.29) is 18.1 Å². The molecule has 0 atom stereocenters. The topological polar surface area (TPSA) is 111 Å². The predicted octanol–water partition coefficient (Wildman–Crippen LogP) is 1.67. The molecule has 10 heteroatoms. The smallest absolute Gasteiger partial charge is 0.268 e. The number of halogens is 1. The highest BCUT2D eigenvalue weighted by molar-refractivity contribution is 6.34. The number of hydrogen-bond acceptors (Lipinski definition) is 6. The first-order chi connectivity index (χ1) is 12.0.